The van der Waals surface area contributed by atoms with E-state index >= 15 is 0 Å². The Bertz CT molecular complexity index is 1660. The van der Waals surface area contributed by atoms with Gasteiger partial charge in [0.1, 0.15) is 0 Å². The third kappa shape index (κ3) is 8.04. The van der Waals surface area contributed by atoms with Crippen molar-refractivity contribution in [2.45, 2.75) is 24.8 Å². The van der Waals surface area contributed by atoms with Crippen molar-refractivity contribution in [3.63, 3.8) is 0 Å². The molecule has 13 heteroatoms. The zero-order chi connectivity index (χ0) is 32.2. The molecule has 0 spiro atoms. The van der Waals surface area contributed by atoms with Crippen LogP contribution in [-0.2, 0) is 17.1 Å². The highest BCUT2D eigenvalue weighted by molar-refractivity contribution is 9.10. The summed E-state index contributed by atoms with van der Waals surface area (Å²) in [6.45, 7) is 0. The lowest BCUT2D eigenvalue weighted by Crippen LogP contribution is -2.31. The van der Waals surface area contributed by atoms with E-state index in [4.69, 9.17) is 0 Å². The van der Waals surface area contributed by atoms with Gasteiger partial charge in [-0.25, -0.2) is 0 Å². The molecule has 4 rings (SSSR count). The SMILES string of the molecule is O=C(O)CC(NC(=O)c1cc(Br)ccc1NC(=O)c1cc(C(F)(F)F)cc(C(F)(F)F)c1)c1ccc(-c2ccccc2)cc1. The average Bonchev–Trinajstić information content (AvgIpc) is 2.97. The normalized spacial score (nSPS) is 12.3. The summed E-state index contributed by atoms with van der Waals surface area (Å²) in [6, 6.07) is 19.4. The summed E-state index contributed by atoms with van der Waals surface area (Å²) in [5.74, 6) is -3.42. The van der Waals surface area contributed by atoms with Crippen LogP contribution in [0.3, 0.4) is 0 Å². The van der Waals surface area contributed by atoms with Gasteiger partial charge in [-0.05, 0) is 53.1 Å². The number of amides is 2. The minimum absolute atomic E-state index is 0.107. The maximum absolute atomic E-state index is 13.4. The second-order valence-corrected chi connectivity index (χ2v) is 10.5. The third-order valence-corrected chi connectivity index (χ3v) is 6.92. The number of alkyl halides is 6. The lowest BCUT2D eigenvalue weighted by molar-refractivity contribution is -0.143. The van der Waals surface area contributed by atoms with E-state index in [0.29, 0.717) is 10.0 Å². The molecule has 0 fully saturated rings. The van der Waals surface area contributed by atoms with Gasteiger partial charge in [0.15, 0.2) is 0 Å². The number of benzene rings is 4. The van der Waals surface area contributed by atoms with Gasteiger partial charge >= 0.3 is 18.3 Å². The predicted octanol–water partition coefficient (Wildman–Crippen LogP) is 8.35. The van der Waals surface area contributed by atoms with E-state index in [-0.39, 0.29) is 29.4 Å². The lowest BCUT2D eigenvalue weighted by atomic mass is 9.98. The number of carboxylic acids is 1. The number of anilines is 1. The Kier molecular flexibility index (Phi) is 9.47. The van der Waals surface area contributed by atoms with Crippen LogP contribution < -0.4 is 10.6 Å². The van der Waals surface area contributed by atoms with Crippen LogP contribution in [-0.4, -0.2) is 22.9 Å². The number of rotatable bonds is 8. The smallest absolute Gasteiger partial charge is 0.416 e. The van der Waals surface area contributed by atoms with Gasteiger partial charge in [-0.2, -0.15) is 26.3 Å². The molecule has 0 saturated carbocycles. The van der Waals surface area contributed by atoms with E-state index in [0.717, 1.165) is 11.1 Å². The van der Waals surface area contributed by atoms with E-state index < -0.39 is 59.3 Å². The Morgan fingerprint density at radius 2 is 1.30 bits per heavy atom. The van der Waals surface area contributed by atoms with Gasteiger partial charge in [0, 0.05) is 10.0 Å². The summed E-state index contributed by atoms with van der Waals surface area (Å²) < 4.78 is 80.2. The number of aliphatic carboxylic acids is 1. The Morgan fingerprint density at radius 3 is 1.84 bits per heavy atom. The Morgan fingerprint density at radius 1 is 0.727 bits per heavy atom. The second-order valence-electron chi connectivity index (χ2n) is 9.55. The van der Waals surface area contributed by atoms with E-state index in [2.05, 4.69) is 26.6 Å². The van der Waals surface area contributed by atoms with Gasteiger partial charge in [0.05, 0.1) is 34.8 Å². The fourth-order valence-corrected chi connectivity index (χ4v) is 4.66. The Labute approximate surface area is 254 Å². The van der Waals surface area contributed by atoms with Crippen LogP contribution in [0.25, 0.3) is 11.1 Å². The van der Waals surface area contributed by atoms with Crippen molar-refractivity contribution in [2.24, 2.45) is 0 Å². The first-order valence-corrected chi connectivity index (χ1v) is 13.5. The van der Waals surface area contributed by atoms with E-state index in [1.165, 1.54) is 18.2 Å². The van der Waals surface area contributed by atoms with Crippen molar-refractivity contribution in [1.82, 2.24) is 5.32 Å². The molecule has 0 aliphatic rings. The molecule has 3 N–H and O–H groups in total. The number of halogens is 7. The molecular weight excluding hydrogens is 658 g/mol. The molecule has 2 amide bonds. The van der Waals surface area contributed by atoms with Gasteiger partial charge in [0.2, 0.25) is 0 Å². The van der Waals surface area contributed by atoms with Gasteiger partial charge in [-0.3, -0.25) is 14.4 Å². The van der Waals surface area contributed by atoms with Gasteiger partial charge in [0.25, 0.3) is 11.8 Å². The monoisotopic (exact) mass is 678 g/mol. The van der Waals surface area contributed by atoms with Crippen molar-refractivity contribution < 1.29 is 45.8 Å². The van der Waals surface area contributed by atoms with Crippen molar-refractivity contribution >= 4 is 39.4 Å². The molecule has 0 radical (unpaired) electrons. The largest absolute Gasteiger partial charge is 0.481 e. The lowest BCUT2D eigenvalue weighted by Gasteiger charge is -2.20. The summed E-state index contributed by atoms with van der Waals surface area (Å²) >= 11 is 3.18. The molecule has 228 valence electrons. The molecule has 0 aliphatic carbocycles. The first kappa shape index (κ1) is 32.3. The summed E-state index contributed by atoms with van der Waals surface area (Å²) in [4.78, 5) is 37.9. The molecular formula is C31H21BrF6N2O4. The Hall–Kier alpha value is -4.65. The van der Waals surface area contributed by atoms with Crippen molar-refractivity contribution in [3.05, 3.63) is 123 Å². The van der Waals surface area contributed by atoms with Gasteiger partial charge in [-0.15, -0.1) is 0 Å². The number of carbonyl (C=O) groups is 3. The van der Waals surface area contributed by atoms with Crippen LogP contribution in [0, 0.1) is 0 Å². The molecule has 4 aromatic carbocycles. The fourth-order valence-electron chi connectivity index (χ4n) is 4.30. The molecule has 4 aromatic rings. The zero-order valence-corrected chi connectivity index (χ0v) is 23.8. The molecule has 6 nitrogen and oxygen atoms in total. The number of carboxylic acid groups (broad SMARTS) is 1. The van der Waals surface area contributed by atoms with E-state index in [1.807, 2.05) is 30.3 Å². The van der Waals surface area contributed by atoms with Gasteiger partial charge < -0.3 is 15.7 Å². The highest BCUT2D eigenvalue weighted by Crippen LogP contribution is 2.36. The van der Waals surface area contributed by atoms with E-state index in [9.17, 15) is 45.8 Å². The van der Waals surface area contributed by atoms with Crippen molar-refractivity contribution in [2.75, 3.05) is 5.32 Å². The first-order chi connectivity index (χ1) is 20.6. The minimum Gasteiger partial charge on any atom is -0.481 e. The molecule has 0 saturated heterocycles. The van der Waals surface area contributed by atoms with E-state index in [1.54, 1.807) is 24.3 Å². The van der Waals surface area contributed by atoms with Crippen molar-refractivity contribution in [1.29, 1.82) is 0 Å². The highest BCUT2D eigenvalue weighted by atomic mass is 79.9. The van der Waals surface area contributed by atoms with Crippen LogP contribution in [0.4, 0.5) is 32.0 Å². The molecule has 1 atom stereocenters. The predicted molar refractivity (Wildman–Crippen MR) is 153 cm³/mol. The van der Waals surface area contributed by atoms with Crippen LogP contribution in [0.15, 0.2) is 95.5 Å². The number of hydrogen-bond donors (Lipinski definition) is 3. The second kappa shape index (κ2) is 12.9. The van der Waals surface area contributed by atoms with Crippen LogP contribution >= 0.6 is 15.9 Å². The van der Waals surface area contributed by atoms with Gasteiger partial charge in [-0.1, -0.05) is 70.5 Å². The first-order valence-electron chi connectivity index (χ1n) is 12.7. The maximum Gasteiger partial charge on any atom is 0.416 e. The maximum atomic E-state index is 13.4. The summed E-state index contributed by atoms with van der Waals surface area (Å²) in [5.41, 5.74) is -2.57. The minimum atomic E-state index is -5.17. The highest BCUT2D eigenvalue weighted by Gasteiger charge is 2.37. The van der Waals surface area contributed by atoms with Crippen molar-refractivity contribution in [3.8, 4) is 11.1 Å². The van der Waals surface area contributed by atoms with Crippen LogP contribution in [0.1, 0.15) is 49.9 Å². The summed E-state index contributed by atoms with van der Waals surface area (Å²) in [6.07, 6.45) is -10.9. The molecule has 0 bridgehead atoms. The van der Waals surface area contributed by atoms with Crippen LogP contribution in [0.5, 0.6) is 0 Å². The molecule has 1 unspecified atom stereocenters. The standard InChI is InChI=1S/C31H21BrF6N2O4/c32-23-10-11-25(39-28(43)20-12-21(30(33,34)35)14-22(13-20)31(36,37)38)24(15-23)29(44)40-26(16-27(41)42)19-8-6-18(7-9-19)17-4-2-1-3-5-17/h1-15,26H,16H2,(H,39,43)(H,40,44)(H,41,42). The topological polar surface area (TPSA) is 95.5 Å². The molecule has 44 heavy (non-hydrogen) atoms. The Balaban J connectivity index is 1.63. The average molecular weight is 679 g/mol. The number of hydrogen-bond acceptors (Lipinski definition) is 3. The third-order valence-electron chi connectivity index (χ3n) is 6.43. The molecule has 0 heterocycles. The summed E-state index contributed by atoms with van der Waals surface area (Å²) in [5, 5.41) is 14.3. The van der Waals surface area contributed by atoms with Crippen LogP contribution in [0.2, 0.25) is 0 Å². The fraction of sp³-hybridized carbons (Fsp3) is 0.129. The summed E-state index contributed by atoms with van der Waals surface area (Å²) in [7, 11) is 0. The zero-order valence-electron chi connectivity index (χ0n) is 22.3. The number of carbonyl (C=O) groups excluding carboxylic acids is 2. The molecule has 0 aliphatic heterocycles. The quantitative estimate of drug-likeness (QED) is 0.163. The number of nitrogens with one attached hydrogen (secondary N) is 2. The molecule has 0 aromatic heterocycles.